The zero-order valence-corrected chi connectivity index (χ0v) is 13.3. The molecule has 5 unspecified atom stereocenters. The Hall–Kier alpha value is -0.0800. The second-order valence-corrected chi connectivity index (χ2v) is 8.49. The molecule has 3 N–H and O–H groups in total. The summed E-state index contributed by atoms with van der Waals surface area (Å²) in [6.45, 7) is 10.1. The summed E-state index contributed by atoms with van der Waals surface area (Å²) in [5.41, 5.74) is 6.75. The van der Waals surface area contributed by atoms with E-state index in [9.17, 15) is 5.11 Å². The van der Waals surface area contributed by atoms with E-state index in [1.54, 1.807) is 0 Å². The molecule has 0 heterocycles. The lowest BCUT2D eigenvalue weighted by Crippen LogP contribution is -2.53. The van der Waals surface area contributed by atoms with Crippen molar-refractivity contribution in [2.75, 3.05) is 6.54 Å². The highest BCUT2D eigenvalue weighted by atomic mass is 16.3. The normalized spacial score (nSPS) is 48.0. The maximum atomic E-state index is 10.7. The van der Waals surface area contributed by atoms with Crippen molar-refractivity contribution in [1.29, 1.82) is 0 Å². The molecule has 2 aliphatic rings. The Morgan fingerprint density at radius 2 is 1.89 bits per heavy atom. The van der Waals surface area contributed by atoms with E-state index in [1.807, 2.05) is 0 Å². The summed E-state index contributed by atoms with van der Waals surface area (Å²) in [7, 11) is 0. The first-order valence-electron chi connectivity index (χ1n) is 8.15. The molecule has 0 spiro atoms. The van der Waals surface area contributed by atoms with Gasteiger partial charge in [0.1, 0.15) is 0 Å². The molecule has 0 radical (unpaired) electrons. The highest BCUT2D eigenvalue weighted by Gasteiger charge is 2.56. The highest BCUT2D eigenvalue weighted by molar-refractivity contribution is 5.06. The lowest BCUT2D eigenvalue weighted by Gasteiger charge is -2.60. The number of rotatable bonds is 4. The quantitative estimate of drug-likeness (QED) is 0.815. The van der Waals surface area contributed by atoms with Gasteiger partial charge in [0.15, 0.2) is 0 Å². The Morgan fingerprint density at radius 1 is 1.21 bits per heavy atom. The molecule has 0 aromatic rings. The number of hydrogen-bond acceptors (Lipinski definition) is 2. The van der Waals surface area contributed by atoms with Crippen LogP contribution in [0.1, 0.15) is 72.6 Å². The standard InChI is InChI=1S/C17H33NO/c1-5-14(19)17-9-13(2)8-16(4,12-17)10-15(3,11-17)6-7-18/h13-14,19H,5-12,18H2,1-4H3. The van der Waals surface area contributed by atoms with Crippen molar-refractivity contribution >= 4 is 0 Å². The third-order valence-electron chi connectivity index (χ3n) is 5.85. The molecular formula is C17H33NO. The third-order valence-corrected chi connectivity index (χ3v) is 5.85. The Morgan fingerprint density at radius 3 is 2.47 bits per heavy atom. The molecule has 2 heteroatoms. The van der Waals surface area contributed by atoms with Crippen LogP contribution in [0.2, 0.25) is 0 Å². The maximum Gasteiger partial charge on any atom is 0.0594 e. The molecule has 2 saturated carbocycles. The number of aliphatic hydroxyl groups excluding tert-OH is 1. The molecule has 0 saturated heterocycles. The second-order valence-electron chi connectivity index (χ2n) is 8.49. The molecule has 2 bridgehead atoms. The minimum absolute atomic E-state index is 0.132. The average molecular weight is 267 g/mol. The minimum atomic E-state index is -0.132. The Balaban J connectivity index is 2.33. The van der Waals surface area contributed by atoms with Crippen LogP contribution in [0, 0.1) is 22.2 Å². The first kappa shape index (κ1) is 15.3. The molecule has 2 nitrogen and oxygen atoms in total. The van der Waals surface area contributed by atoms with Crippen LogP contribution in [-0.2, 0) is 0 Å². The molecular weight excluding hydrogens is 234 g/mol. The van der Waals surface area contributed by atoms with Crippen LogP contribution in [-0.4, -0.2) is 17.8 Å². The Bertz CT molecular complexity index is 329. The van der Waals surface area contributed by atoms with E-state index in [4.69, 9.17) is 5.73 Å². The van der Waals surface area contributed by atoms with Crippen LogP contribution in [0.25, 0.3) is 0 Å². The molecule has 0 amide bonds. The van der Waals surface area contributed by atoms with Gasteiger partial charge in [-0.1, -0.05) is 27.7 Å². The fourth-order valence-electron chi connectivity index (χ4n) is 6.14. The summed E-state index contributed by atoms with van der Waals surface area (Å²) >= 11 is 0. The van der Waals surface area contributed by atoms with Crippen molar-refractivity contribution in [2.45, 2.75) is 78.7 Å². The molecule has 0 aromatic carbocycles. The highest BCUT2D eigenvalue weighted by Crippen LogP contribution is 2.64. The van der Waals surface area contributed by atoms with Gasteiger partial charge in [-0.05, 0) is 73.7 Å². The number of fused-ring (bicyclic) bond motifs is 2. The Kier molecular flexibility index (Phi) is 4.06. The van der Waals surface area contributed by atoms with E-state index >= 15 is 0 Å². The zero-order chi connectivity index (χ0) is 14.3. The molecule has 0 aliphatic heterocycles. The number of hydrogen-bond donors (Lipinski definition) is 2. The lowest BCUT2D eigenvalue weighted by molar-refractivity contribution is -0.138. The largest absolute Gasteiger partial charge is 0.393 e. The van der Waals surface area contributed by atoms with Gasteiger partial charge in [-0.15, -0.1) is 0 Å². The third kappa shape index (κ3) is 2.85. The van der Waals surface area contributed by atoms with Gasteiger partial charge in [-0.3, -0.25) is 0 Å². The predicted octanol–water partition coefficient (Wildman–Crippen LogP) is 3.72. The van der Waals surface area contributed by atoms with Crippen molar-refractivity contribution in [3.05, 3.63) is 0 Å². The number of aliphatic hydroxyl groups is 1. The van der Waals surface area contributed by atoms with Crippen molar-refractivity contribution in [1.82, 2.24) is 0 Å². The van der Waals surface area contributed by atoms with Gasteiger partial charge in [-0.2, -0.15) is 0 Å². The molecule has 0 aromatic heterocycles. The molecule has 112 valence electrons. The summed E-state index contributed by atoms with van der Waals surface area (Å²) in [5, 5.41) is 10.7. The molecule has 2 fully saturated rings. The van der Waals surface area contributed by atoms with E-state index in [1.165, 1.54) is 32.1 Å². The van der Waals surface area contributed by atoms with Gasteiger partial charge < -0.3 is 10.8 Å². The van der Waals surface area contributed by atoms with E-state index in [-0.39, 0.29) is 11.5 Å². The van der Waals surface area contributed by atoms with Crippen LogP contribution in [0.5, 0.6) is 0 Å². The van der Waals surface area contributed by atoms with Crippen molar-refractivity contribution < 1.29 is 5.11 Å². The van der Waals surface area contributed by atoms with Crippen LogP contribution in [0.4, 0.5) is 0 Å². The number of nitrogens with two attached hydrogens (primary N) is 1. The predicted molar refractivity (Wildman–Crippen MR) is 80.9 cm³/mol. The molecule has 5 atom stereocenters. The van der Waals surface area contributed by atoms with Crippen LogP contribution in [0.15, 0.2) is 0 Å². The monoisotopic (exact) mass is 267 g/mol. The van der Waals surface area contributed by atoms with Gasteiger partial charge in [-0.25, -0.2) is 0 Å². The summed E-state index contributed by atoms with van der Waals surface area (Å²) in [4.78, 5) is 0. The molecule has 2 aliphatic carbocycles. The molecule has 19 heavy (non-hydrogen) atoms. The maximum absolute atomic E-state index is 10.7. The minimum Gasteiger partial charge on any atom is -0.393 e. The van der Waals surface area contributed by atoms with E-state index in [2.05, 4.69) is 27.7 Å². The summed E-state index contributed by atoms with van der Waals surface area (Å²) in [5.74, 6) is 0.752. The van der Waals surface area contributed by atoms with Gasteiger partial charge in [0, 0.05) is 0 Å². The van der Waals surface area contributed by atoms with Gasteiger partial charge in [0.05, 0.1) is 6.10 Å². The van der Waals surface area contributed by atoms with Gasteiger partial charge in [0.2, 0.25) is 0 Å². The van der Waals surface area contributed by atoms with E-state index in [0.29, 0.717) is 10.8 Å². The van der Waals surface area contributed by atoms with E-state index < -0.39 is 0 Å². The van der Waals surface area contributed by atoms with Crippen molar-refractivity contribution in [2.24, 2.45) is 27.9 Å². The fraction of sp³-hybridized carbons (Fsp3) is 1.00. The SMILES string of the molecule is CCC(O)C12CC(C)CC(C)(CC(C)(CCN)C1)C2. The summed E-state index contributed by atoms with van der Waals surface area (Å²) in [6.07, 6.45) is 8.08. The first-order chi connectivity index (χ1) is 8.76. The van der Waals surface area contributed by atoms with Crippen molar-refractivity contribution in [3.8, 4) is 0 Å². The summed E-state index contributed by atoms with van der Waals surface area (Å²) < 4.78 is 0. The van der Waals surface area contributed by atoms with Crippen LogP contribution in [0.3, 0.4) is 0 Å². The van der Waals surface area contributed by atoms with Crippen LogP contribution >= 0.6 is 0 Å². The fourth-order valence-corrected chi connectivity index (χ4v) is 6.14. The summed E-state index contributed by atoms with van der Waals surface area (Å²) in [6, 6.07) is 0. The van der Waals surface area contributed by atoms with Gasteiger partial charge in [0.25, 0.3) is 0 Å². The average Bonchev–Trinajstić information content (AvgIpc) is 2.23. The lowest BCUT2D eigenvalue weighted by atomic mass is 9.45. The zero-order valence-electron chi connectivity index (χ0n) is 13.3. The second kappa shape index (κ2) is 5.04. The van der Waals surface area contributed by atoms with Crippen molar-refractivity contribution in [3.63, 3.8) is 0 Å². The van der Waals surface area contributed by atoms with E-state index in [0.717, 1.165) is 25.3 Å². The van der Waals surface area contributed by atoms with Crippen LogP contribution < -0.4 is 5.73 Å². The first-order valence-corrected chi connectivity index (χ1v) is 8.15. The topological polar surface area (TPSA) is 46.2 Å². The Labute approximate surface area is 119 Å². The van der Waals surface area contributed by atoms with Gasteiger partial charge >= 0.3 is 0 Å². The molecule has 2 rings (SSSR count). The smallest absolute Gasteiger partial charge is 0.0594 e.